The van der Waals surface area contributed by atoms with Crippen LogP contribution in [0.3, 0.4) is 0 Å². The predicted octanol–water partition coefficient (Wildman–Crippen LogP) is 0.987. The zero-order valence-corrected chi connectivity index (χ0v) is 11.6. The predicted molar refractivity (Wildman–Crippen MR) is 64.5 cm³/mol. The lowest BCUT2D eigenvalue weighted by Crippen LogP contribution is -2.47. The first-order chi connectivity index (χ1) is 9.56. The number of hydrogen-bond acceptors (Lipinski definition) is 4. The number of urea groups is 1. The van der Waals surface area contributed by atoms with Crippen LogP contribution in [0.2, 0.25) is 0 Å². The first-order valence-electron chi connectivity index (χ1n) is 5.95. The third kappa shape index (κ3) is 8.71. The second-order valence-corrected chi connectivity index (χ2v) is 4.24. The number of esters is 1. The third-order valence-electron chi connectivity index (χ3n) is 2.54. The molecule has 2 amide bonds. The fourth-order valence-electron chi connectivity index (χ4n) is 1.28. The van der Waals surface area contributed by atoms with Gasteiger partial charge in [0.1, 0.15) is 6.04 Å². The molecule has 0 aromatic carbocycles. The number of nitrogens with zero attached hydrogens (tertiary/aromatic N) is 1. The molecule has 0 aromatic heterocycles. The maximum absolute atomic E-state index is 12.0. The fourth-order valence-corrected chi connectivity index (χ4v) is 1.28. The second-order valence-electron chi connectivity index (χ2n) is 4.24. The molecule has 0 aliphatic carbocycles. The van der Waals surface area contributed by atoms with E-state index >= 15 is 0 Å². The lowest BCUT2D eigenvalue weighted by atomic mass is 10.1. The molecule has 0 aliphatic heterocycles. The van der Waals surface area contributed by atoms with Crippen molar-refractivity contribution in [3.8, 4) is 0 Å². The number of rotatable bonds is 7. The second kappa shape index (κ2) is 8.32. The Morgan fingerprint density at radius 1 is 1.33 bits per heavy atom. The van der Waals surface area contributed by atoms with Crippen LogP contribution in [-0.4, -0.2) is 60.9 Å². The minimum Gasteiger partial charge on any atom is -0.480 e. The Morgan fingerprint density at radius 3 is 2.33 bits per heavy atom. The molecule has 0 unspecified atom stereocenters. The van der Waals surface area contributed by atoms with E-state index in [9.17, 15) is 27.6 Å². The number of nitrogens with one attached hydrogen (secondary N) is 1. The smallest absolute Gasteiger partial charge is 0.390 e. The van der Waals surface area contributed by atoms with Gasteiger partial charge in [0.05, 0.1) is 13.5 Å². The molecule has 2 N–H and O–H groups in total. The Hall–Kier alpha value is -2.00. The number of amides is 2. The van der Waals surface area contributed by atoms with Crippen LogP contribution < -0.4 is 5.32 Å². The number of carboxylic acid groups (broad SMARTS) is 1. The number of carboxylic acids is 1. The summed E-state index contributed by atoms with van der Waals surface area (Å²) in [6, 6.07) is -2.35. The summed E-state index contributed by atoms with van der Waals surface area (Å²) in [7, 11) is 2.24. The van der Waals surface area contributed by atoms with Gasteiger partial charge in [0.25, 0.3) is 0 Å². The van der Waals surface area contributed by atoms with Crippen molar-refractivity contribution in [2.75, 3.05) is 20.7 Å². The number of halogens is 3. The van der Waals surface area contributed by atoms with Gasteiger partial charge >= 0.3 is 24.1 Å². The van der Waals surface area contributed by atoms with Gasteiger partial charge in [0.15, 0.2) is 0 Å². The molecule has 0 saturated heterocycles. The minimum absolute atomic E-state index is 0.221. The summed E-state index contributed by atoms with van der Waals surface area (Å²) >= 11 is 0. The van der Waals surface area contributed by atoms with E-state index in [1.165, 1.54) is 0 Å². The Labute approximate surface area is 119 Å². The summed E-state index contributed by atoms with van der Waals surface area (Å²) < 4.78 is 40.4. The van der Waals surface area contributed by atoms with Crippen LogP contribution in [0.5, 0.6) is 0 Å². The normalized spacial score (nSPS) is 12.4. The SMILES string of the molecule is COC(=O)CC[C@H](NC(=O)N(C)CCC(F)(F)F)C(=O)O. The van der Waals surface area contributed by atoms with Gasteiger partial charge in [-0.2, -0.15) is 13.2 Å². The number of carbonyl (C=O) groups excluding carboxylic acids is 2. The first-order valence-corrected chi connectivity index (χ1v) is 5.95. The van der Waals surface area contributed by atoms with Crippen LogP contribution in [-0.2, 0) is 14.3 Å². The number of methoxy groups -OCH3 is 1. The monoisotopic (exact) mass is 314 g/mol. The number of aliphatic carboxylic acids is 1. The van der Waals surface area contributed by atoms with E-state index in [4.69, 9.17) is 5.11 Å². The maximum Gasteiger partial charge on any atom is 0.390 e. The summed E-state index contributed by atoms with van der Waals surface area (Å²) in [5.41, 5.74) is 0. The van der Waals surface area contributed by atoms with Crippen molar-refractivity contribution in [2.24, 2.45) is 0 Å². The van der Waals surface area contributed by atoms with Gasteiger partial charge in [-0.25, -0.2) is 9.59 Å². The van der Waals surface area contributed by atoms with Crippen LogP contribution in [0.25, 0.3) is 0 Å². The number of carbonyl (C=O) groups is 3. The van der Waals surface area contributed by atoms with Gasteiger partial charge < -0.3 is 20.1 Å². The van der Waals surface area contributed by atoms with Gasteiger partial charge in [-0.15, -0.1) is 0 Å². The van der Waals surface area contributed by atoms with Crippen LogP contribution >= 0.6 is 0 Å². The summed E-state index contributed by atoms with van der Waals surface area (Å²) in [5, 5.41) is 10.9. The lowest BCUT2D eigenvalue weighted by molar-refractivity contribution is -0.142. The molecule has 10 heteroatoms. The van der Waals surface area contributed by atoms with E-state index in [0.717, 1.165) is 19.1 Å². The van der Waals surface area contributed by atoms with E-state index in [1.54, 1.807) is 0 Å². The van der Waals surface area contributed by atoms with Crippen LogP contribution in [0, 0.1) is 0 Å². The molecule has 21 heavy (non-hydrogen) atoms. The van der Waals surface area contributed by atoms with E-state index in [-0.39, 0.29) is 12.8 Å². The van der Waals surface area contributed by atoms with E-state index in [2.05, 4.69) is 4.74 Å². The summed E-state index contributed by atoms with van der Waals surface area (Å²) in [5.74, 6) is -2.04. The average Bonchev–Trinajstić information content (AvgIpc) is 2.38. The highest BCUT2D eigenvalue weighted by Gasteiger charge is 2.29. The van der Waals surface area contributed by atoms with Gasteiger partial charge in [-0.05, 0) is 6.42 Å². The highest BCUT2D eigenvalue weighted by molar-refractivity contribution is 5.83. The summed E-state index contributed by atoms with van der Waals surface area (Å²) in [6.07, 6.45) is -6.07. The highest BCUT2D eigenvalue weighted by Crippen LogP contribution is 2.19. The number of alkyl halides is 3. The molecule has 7 nitrogen and oxygen atoms in total. The molecule has 0 heterocycles. The minimum atomic E-state index is -4.41. The van der Waals surface area contributed by atoms with Crippen molar-refractivity contribution in [1.82, 2.24) is 10.2 Å². The molecule has 0 fully saturated rings. The standard InChI is InChI=1S/C11H17F3N2O5/c1-16(6-5-11(12,13)14)10(20)15-7(9(18)19)3-4-8(17)21-2/h7H,3-6H2,1-2H3,(H,15,20)(H,18,19)/t7-/m0/s1. The quantitative estimate of drug-likeness (QED) is 0.683. The van der Waals surface area contributed by atoms with Gasteiger partial charge in [0, 0.05) is 20.0 Å². The topological polar surface area (TPSA) is 95.9 Å². The van der Waals surface area contributed by atoms with Crippen LogP contribution in [0.15, 0.2) is 0 Å². The van der Waals surface area contributed by atoms with Crippen molar-refractivity contribution < 1.29 is 37.4 Å². The summed E-state index contributed by atoms with van der Waals surface area (Å²) in [6.45, 7) is -0.599. The summed E-state index contributed by atoms with van der Waals surface area (Å²) in [4.78, 5) is 34.1. The highest BCUT2D eigenvalue weighted by atomic mass is 19.4. The zero-order chi connectivity index (χ0) is 16.6. The molecule has 1 atom stereocenters. The molecular formula is C11H17F3N2O5. The van der Waals surface area contributed by atoms with Gasteiger partial charge in [-0.1, -0.05) is 0 Å². The van der Waals surface area contributed by atoms with Crippen molar-refractivity contribution in [2.45, 2.75) is 31.5 Å². The van der Waals surface area contributed by atoms with Crippen molar-refractivity contribution in [1.29, 1.82) is 0 Å². The lowest BCUT2D eigenvalue weighted by Gasteiger charge is -2.21. The van der Waals surface area contributed by atoms with Crippen molar-refractivity contribution in [3.63, 3.8) is 0 Å². The maximum atomic E-state index is 12.0. The average molecular weight is 314 g/mol. The number of ether oxygens (including phenoxy) is 1. The zero-order valence-electron chi connectivity index (χ0n) is 11.6. The van der Waals surface area contributed by atoms with Crippen LogP contribution in [0.1, 0.15) is 19.3 Å². The Balaban J connectivity index is 4.40. The third-order valence-corrected chi connectivity index (χ3v) is 2.54. The Bertz CT molecular complexity index is 387. The van der Waals surface area contributed by atoms with Gasteiger partial charge in [0.2, 0.25) is 0 Å². The van der Waals surface area contributed by atoms with E-state index < -0.39 is 43.2 Å². The first kappa shape index (κ1) is 19.0. The van der Waals surface area contributed by atoms with E-state index in [1.807, 2.05) is 5.32 Å². The van der Waals surface area contributed by atoms with Crippen molar-refractivity contribution in [3.05, 3.63) is 0 Å². The molecule has 0 spiro atoms. The van der Waals surface area contributed by atoms with Crippen LogP contribution in [0.4, 0.5) is 18.0 Å². The largest absolute Gasteiger partial charge is 0.480 e. The molecular weight excluding hydrogens is 297 g/mol. The van der Waals surface area contributed by atoms with Gasteiger partial charge in [-0.3, -0.25) is 4.79 Å². The molecule has 122 valence electrons. The molecule has 0 aromatic rings. The molecule has 0 bridgehead atoms. The Morgan fingerprint density at radius 2 is 1.90 bits per heavy atom. The van der Waals surface area contributed by atoms with Crippen molar-refractivity contribution >= 4 is 18.0 Å². The molecule has 0 aliphatic rings. The Kier molecular flexibility index (Phi) is 7.53. The fraction of sp³-hybridized carbons (Fsp3) is 0.727. The molecule has 0 saturated carbocycles. The molecule has 0 radical (unpaired) electrons. The van der Waals surface area contributed by atoms with E-state index in [0.29, 0.717) is 0 Å². The number of hydrogen-bond donors (Lipinski definition) is 2. The molecule has 0 rings (SSSR count).